The minimum absolute atomic E-state index is 0.0616. The van der Waals surface area contributed by atoms with Crippen molar-refractivity contribution in [1.82, 2.24) is 0 Å². The molecule has 3 heteroatoms. The maximum absolute atomic E-state index is 12.5. The minimum atomic E-state index is -0.0971. The number of nitrogens with one attached hydrogen (secondary N) is 1. The van der Waals surface area contributed by atoms with Gasteiger partial charge in [-0.05, 0) is 25.5 Å². The fourth-order valence-electron chi connectivity index (χ4n) is 2.18. The molecule has 1 amide bonds. The van der Waals surface area contributed by atoms with E-state index in [0.29, 0.717) is 36.1 Å². The van der Waals surface area contributed by atoms with Crippen molar-refractivity contribution in [1.29, 1.82) is 0 Å². The van der Waals surface area contributed by atoms with E-state index in [2.05, 4.69) is 11.2 Å². The van der Waals surface area contributed by atoms with Crippen LogP contribution in [0.4, 0.5) is 5.69 Å². The number of anilines is 1. The van der Waals surface area contributed by atoms with Crippen LogP contribution in [0.3, 0.4) is 0 Å². The molecule has 0 aliphatic rings. The molecule has 0 aliphatic heterocycles. The van der Waals surface area contributed by atoms with Crippen molar-refractivity contribution in [3.05, 3.63) is 65.2 Å². The lowest BCUT2D eigenvalue weighted by Gasteiger charge is -2.07. The summed E-state index contributed by atoms with van der Waals surface area (Å²) in [5.41, 5.74) is 2.91. The van der Waals surface area contributed by atoms with Gasteiger partial charge in [0.1, 0.15) is 0 Å². The highest BCUT2D eigenvalue weighted by Gasteiger charge is 2.10. The predicted molar refractivity (Wildman–Crippen MR) is 92.4 cm³/mol. The third kappa shape index (κ3) is 4.82. The van der Waals surface area contributed by atoms with Gasteiger partial charge >= 0.3 is 0 Å². The summed E-state index contributed by atoms with van der Waals surface area (Å²) in [7, 11) is 0. The lowest BCUT2D eigenvalue weighted by Crippen LogP contribution is -2.11. The molecular weight excluding hydrogens is 286 g/mol. The SMILES string of the molecule is C#CCCCC(=O)Nc1cccc(C(=O)c2ccc(C)cc2)c1. The summed E-state index contributed by atoms with van der Waals surface area (Å²) < 4.78 is 0. The van der Waals surface area contributed by atoms with Gasteiger partial charge in [0.2, 0.25) is 5.91 Å². The van der Waals surface area contributed by atoms with Gasteiger partial charge in [-0.1, -0.05) is 42.0 Å². The molecule has 0 spiro atoms. The number of aryl methyl sites for hydroxylation is 1. The summed E-state index contributed by atoms with van der Waals surface area (Å²) in [6.45, 7) is 1.98. The molecule has 0 radical (unpaired) electrons. The number of hydrogen-bond donors (Lipinski definition) is 1. The van der Waals surface area contributed by atoms with E-state index >= 15 is 0 Å². The van der Waals surface area contributed by atoms with E-state index in [9.17, 15) is 9.59 Å². The maximum atomic E-state index is 12.5. The normalized spacial score (nSPS) is 9.91. The van der Waals surface area contributed by atoms with Gasteiger partial charge in [-0.3, -0.25) is 9.59 Å². The Bertz CT molecular complexity index is 739. The van der Waals surface area contributed by atoms with Crippen LogP contribution in [-0.2, 0) is 4.79 Å². The zero-order chi connectivity index (χ0) is 16.7. The van der Waals surface area contributed by atoms with Crippen LogP contribution in [0.5, 0.6) is 0 Å². The first-order chi connectivity index (χ1) is 11.1. The lowest BCUT2D eigenvalue weighted by molar-refractivity contribution is -0.116. The van der Waals surface area contributed by atoms with E-state index in [4.69, 9.17) is 6.42 Å². The zero-order valence-corrected chi connectivity index (χ0v) is 13.1. The van der Waals surface area contributed by atoms with Crippen molar-refractivity contribution >= 4 is 17.4 Å². The fraction of sp³-hybridized carbons (Fsp3) is 0.200. The molecular formula is C20H19NO2. The molecule has 0 saturated carbocycles. The summed E-state index contributed by atoms with van der Waals surface area (Å²) in [6.07, 6.45) is 6.78. The summed E-state index contributed by atoms with van der Waals surface area (Å²) in [5, 5.41) is 2.80. The number of hydrogen-bond acceptors (Lipinski definition) is 2. The second-order valence-electron chi connectivity index (χ2n) is 5.38. The summed E-state index contributed by atoms with van der Waals surface area (Å²) >= 11 is 0. The topological polar surface area (TPSA) is 46.2 Å². The van der Waals surface area contributed by atoms with E-state index in [-0.39, 0.29) is 11.7 Å². The van der Waals surface area contributed by atoms with Crippen molar-refractivity contribution in [3.63, 3.8) is 0 Å². The van der Waals surface area contributed by atoms with Crippen LogP contribution in [0.1, 0.15) is 40.7 Å². The Hall–Kier alpha value is -2.86. The molecule has 1 N–H and O–H groups in total. The number of terminal acetylenes is 1. The predicted octanol–water partition coefficient (Wildman–Crippen LogP) is 3.97. The van der Waals surface area contributed by atoms with Crippen LogP contribution in [0.25, 0.3) is 0 Å². The van der Waals surface area contributed by atoms with E-state index in [0.717, 1.165) is 5.56 Å². The highest BCUT2D eigenvalue weighted by atomic mass is 16.1. The van der Waals surface area contributed by atoms with Crippen molar-refractivity contribution in [2.45, 2.75) is 26.2 Å². The zero-order valence-electron chi connectivity index (χ0n) is 13.1. The highest BCUT2D eigenvalue weighted by Crippen LogP contribution is 2.16. The number of unbranched alkanes of at least 4 members (excludes halogenated alkanes) is 1. The standard InChI is InChI=1S/C20H19NO2/c1-3-4-5-9-19(22)21-18-8-6-7-17(14-18)20(23)16-12-10-15(2)11-13-16/h1,6-8,10-14H,4-5,9H2,2H3,(H,21,22). The van der Waals surface area contributed by atoms with E-state index in [1.165, 1.54) is 0 Å². The van der Waals surface area contributed by atoms with Crippen molar-refractivity contribution in [2.75, 3.05) is 5.32 Å². The van der Waals surface area contributed by atoms with Gasteiger partial charge in [-0.25, -0.2) is 0 Å². The molecule has 0 bridgehead atoms. The maximum Gasteiger partial charge on any atom is 0.224 e. The number of rotatable bonds is 6. The molecule has 0 aliphatic carbocycles. The van der Waals surface area contributed by atoms with Crippen LogP contribution >= 0.6 is 0 Å². The molecule has 0 fully saturated rings. The molecule has 0 atom stereocenters. The molecule has 0 unspecified atom stereocenters. The second-order valence-corrected chi connectivity index (χ2v) is 5.38. The molecule has 2 aromatic carbocycles. The van der Waals surface area contributed by atoms with Gasteiger partial charge in [0, 0.05) is 29.7 Å². The van der Waals surface area contributed by atoms with Crippen molar-refractivity contribution in [3.8, 4) is 12.3 Å². The monoisotopic (exact) mass is 305 g/mol. The van der Waals surface area contributed by atoms with Crippen LogP contribution in [0.2, 0.25) is 0 Å². The Labute approximate surface area is 136 Å². The van der Waals surface area contributed by atoms with Gasteiger partial charge < -0.3 is 5.32 Å². The summed E-state index contributed by atoms with van der Waals surface area (Å²) in [4.78, 5) is 24.3. The number of carbonyl (C=O) groups is 2. The quantitative estimate of drug-likeness (QED) is 0.499. The van der Waals surface area contributed by atoms with Gasteiger partial charge in [0.25, 0.3) is 0 Å². The number of ketones is 1. The Morgan fingerprint density at radius 2 is 1.83 bits per heavy atom. The minimum Gasteiger partial charge on any atom is -0.326 e. The third-order valence-corrected chi connectivity index (χ3v) is 3.45. The van der Waals surface area contributed by atoms with Gasteiger partial charge in [0.15, 0.2) is 5.78 Å². The highest BCUT2D eigenvalue weighted by molar-refractivity contribution is 6.09. The first kappa shape index (κ1) is 16.5. The molecule has 0 heterocycles. The first-order valence-electron chi connectivity index (χ1n) is 7.55. The fourth-order valence-corrected chi connectivity index (χ4v) is 2.18. The summed E-state index contributed by atoms with van der Waals surface area (Å²) in [6, 6.07) is 14.4. The average Bonchev–Trinajstić information content (AvgIpc) is 2.55. The molecule has 0 aromatic heterocycles. The number of amides is 1. The van der Waals surface area contributed by atoms with Crippen LogP contribution in [0, 0.1) is 19.3 Å². The van der Waals surface area contributed by atoms with E-state index in [1.54, 1.807) is 24.3 Å². The third-order valence-electron chi connectivity index (χ3n) is 3.45. The molecule has 3 nitrogen and oxygen atoms in total. The Balaban J connectivity index is 2.07. The van der Waals surface area contributed by atoms with Crippen molar-refractivity contribution < 1.29 is 9.59 Å². The lowest BCUT2D eigenvalue weighted by atomic mass is 10.0. The van der Waals surface area contributed by atoms with E-state index < -0.39 is 0 Å². The van der Waals surface area contributed by atoms with Crippen LogP contribution < -0.4 is 5.32 Å². The molecule has 2 rings (SSSR count). The smallest absolute Gasteiger partial charge is 0.224 e. The van der Waals surface area contributed by atoms with Gasteiger partial charge in [0.05, 0.1) is 0 Å². The largest absolute Gasteiger partial charge is 0.326 e. The van der Waals surface area contributed by atoms with Crippen LogP contribution in [-0.4, -0.2) is 11.7 Å². The Kier molecular flexibility index (Phi) is 5.71. The molecule has 0 saturated heterocycles. The number of carbonyl (C=O) groups excluding carboxylic acids is 2. The average molecular weight is 305 g/mol. The second kappa shape index (κ2) is 7.95. The van der Waals surface area contributed by atoms with Crippen molar-refractivity contribution in [2.24, 2.45) is 0 Å². The first-order valence-corrected chi connectivity index (χ1v) is 7.55. The molecule has 116 valence electrons. The van der Waals surface area contributed by atoms with Crippen LogP contribution in [0.15, 0.2) is 48.5 Å². The number of benzene rings is 2. The van der Waals surface area contributed by atoms with E-state index in [1.807, 2.05) is 31.2 Å². The molecule has 23 heavy (non-hydrogen) atoms. The van der Waals surface area contributed by atoms with Gasteiger partial charge in [-0.15, -0.1) is 12.3 Å². The Morgan fingerprint density at radius 3 is 2.52 bits per heavy atom. The van der Waals surface area contributed by atoms with Gasteiger partial charge in [-0.2, -0.15) is 0 Å². The Morgan fingerprint density at radius 1 is 1.09 bits per heavy atom. The molecule has 2 aromatic rings. The summed E-state index contributed by atoms with van der Waals surface area (Å²) in [5.74, 6) is 2.35.